The smallest absolute Gasteiger partial charge is 0.429 e. The van der Waals surface area contributed by atoms with E-state index in [4.69, 9.17) is 0 Å². The predicted molar refractivity (Wildman–Crippen MR) is 472 cm³/mol. The molecule has 0 atom stereocenters. The largest absolute Gasteiger partial charge is 0.432 e. The van der Waals surface area contributed by atoms with Gasteiger partial charge in [-0.25, -0.2) is 101 Å². The third-order valence-electron chi connectivity index (χ3n) is 22.0. The molecular weight excluding hydrogens is 1950 g/mol. The highest BCUT2D eigenvalue weighted by Crippen LogP contribution is 2.46. The summed E-state index contributed by atoms with van der Waals surface area (Å²) >= 11 is 0. The molecule has 0 N–H and O–H groups in total. The number of benzene rings is 15. The molecule has 4 nitrogen and oxygen atoms in total. The SMILES string of the molecule is CCCCCc1ccc(-c2ccc(-c3cc(F)c(C(F)(F)Oc4cc(F)c(F)c(F)c4)c(F)c3)c(F)c2)cc1.CCCCc1ccc(-c2ccc(-c3cc(F)c(C(F)(F)Oc4cc(F)c(F)c(F)c4)c(F)c3)c(F)c2)cc1.CCCc1ccc(-c2ccc(-c3cc(F)c(C(F)(F)Oc4cc(F)c(F)c(F)c4)c(F)c3)c(F)c2)cc1.CCc1ccc(-c2cc(F)c(C(F)(F)Oc3cc(F)c(F)c(F)c3)c(F)c2)cc1. The fourth-order valence-electron chi connectivity index (χ4n) is 14.8. The Morgan fingerprint density at radius 2 is 0.371 bits per heavy atom. The van der Waals surface area contributed by atoms with E-state index >= 15 is 0 Å². The summed E-state index contributed by atoms with van der Waals surface area (Å²) in [6, 6.07) is 46.2. The molecule has 0 unspecified atom stereocenters. The van der Waals surface area contributed by atoms with E-state index in [1.807, 2.05) is 86.6 Å². The molecule has 0 aliphatic carbocycles. The van der Waals surface area contributed by atoms with Gasteiger partial charge in [0.15, 0.2) is 69.8 Å². The summed E-state index contributed by atoms with van der Waals surface area (Å²) in [7, 11) is 0. The maximum atomic E-state index is 15.0. The Bertz CT molecular complexity index is 6930. The van der Waals surface area contributed by atoms with Crippen LogP contribution in [0.4, 0.5) is 136 Å². The molecule has 0 bridgehead atoms. The van der Waals surface area contributed by atoms with Gasteiger partial charge in [0.1, 0.15) is 109 Å². The number of halogens is 31. The highest BCUT2D eigenvalue weighted by molar-refractivity contribution is 5.75. The molecule has 0 saturated carbocycles. The fraction of sp³-hybridized carbons (Fsp3) is 0.167. The first kappa shape index (κ1) is 107. The lowest BCUT2D eigenvalue weighted by molar-refractivity contribution is -0.190. The van der Waals surface area contributed by atoms with E-state index in [0.29, 0.717) is 81.9 Å². The number of alkyl halides is 8. The van der Waals surface area contributed by atoms with E-state index in [9.17, 15) is 136 Å². The second kappa shape index (κ2) is 45.5. The van der Waals surface area contributed by atoms with Crippen molar-refractivity contribution in [1.29, 1.82) is 0 Å². The minimum Gasteiger partial charge on any atom is -0.429 e. The third-order valence-corrected chi connectivity index (χ3v) is 22.0. The molecule has 15 rings (SSSR count). The molecule has 0 amide bonds. The first-order valence-electron chi connectivity index (χ1n) is 43.2. The van der Waals surface area contributed by atoms with Crippen LogP contribution < -0.4 is 18.9 Å². The molecule has 0 saturated heterocycles. The summed E-state index contributed by atoms with van der Waals surface area (Å²) in [6.45, 7) is 8.17. The van der Waals surface area contributed by atoms with Crippen LogP contribution >= 0.6 is 0 Å². The van der Waals surface area contributed by atoms with Gasteiger partial charge in [-0.2, -0.15) is 35.1 Å². The number of hydrogen-bond donors (Lipinski definition) is 0. The number of rotatable bonds is 29. The van der Waals surface area contributed by atoms with Crippen LogP contribution in [0, 0.1) is 134 Å². The van der Waals surface area contributed by atoms with E-state index in [2.05, 4.69) is 32.8 Å². The lowest BCUT2D eigenvalue weighted by Gasteiger charge is -2.20. The molecular formula is C108H73F31O4. The highest BCUT2D eigenvalue weighted by atomic mass is 19.3. The van der Waals surface area contributed by atoms with Gasteiger partial charge in [-0.1, -0.05) is 187 Å². The minimum absolute atomic E-state index is 0.0149. The van der Waals surface area contributed by atoms with Crippen molar-refractivity contribution in [2.45, 2.75) is 116 Å². The van der Waals surface area contributed by atoms with Gasteiger partial charge < -0.3 is 18.9 Å². The Hall–Kier alpha value is -14.7. The van der Waals surface area contributed by atoms with E-state index in [0.717, 1.165) is 104 Å². The van der Waals surface area contributed by atoms with Gasteiger partial charge in [0.05, 0.1) is 0 Å². The molecule has 0 heterocycles. The monoisotopic (exact) mass is 2020 g/mol. The average molecular weight is 2020 g/mol. The van der Waals surface area contributed by atoms with Gasteiger partial charge in [0.2, 0.25) is 0 Å². The summed E-state index contributed by atoms with van der Waals surface area (Å²) < 4.78 is 453. The Balaban J connectivity index is 0.000000171. The Morgan fingerprint density at radius 3 is 0.587 bits per heavy atom. The zero-order valence-electron chi connectivity index (χ0n) is 74.6. The maximum absolute atomic E-state index is 15.0. The molecule has 143 heavy (non-hydrogen) atoms. The molecule has 35 heteroatoms. The Kier molecular flexibility index (Phi) is 34.1. The van der Waals surface area contributed by atoms with Crippen LogP contribution in [0.2, 0.25) is 0 Å². The van der Waals surface area contributed by atoms with E-state index in [1.165, 1.54) is 42.5 Å². The molecule has 15 aromatic carbocycles. The minimum atomic E-state index is -4.74. The number of ether oxygens (including phenoxy) is 4. The first-order valence-corrected chi connectivity index (χ1v) is 43.2. The zero-order valence-corrected chi connectivity index (χ0v) is 74.6. The van der Waals surface area contributed by atoms with Crippen LogP contribution in [0.15, 0.2) is 249 Å². The van der Waals surface area contributed by atoms with Gasteiger partial charge in [-0.05, 0) is 189 Å². The third kappa shape index (κ3) is 25.8. The summed E-state index contributed by atoms with van der Waals surface area (Å²) in [6.07, 6.45) is -9.01. The van der Waals surface area contributed by atoms with Gasteiger partial charge in [0, 0.05) is 65.2 Å². The molecule has 0 aliphatic heterocycles. The van der Waals surface area contributed by atoms with E-state index in [1.54, 1.807) is 24.3 Å². The molecule has 0 aliphatic rings. The van der Waals surface area contributed by atoms with Crippen LogP contribution in [0.3, 0.4) is 0 Å². The lowest BCUT2D eigenvalue weighted by Crippen LogP contribution is -2.25. The summed E-state index contributed by atoms with van der Waals surface area (Å²) in [4.78, 5) is 0. The van der Waals surface area contributed by atoms with Crippen molar-refractivity contribution in [2.24, 2.45) is 0 Å². The second-order valence-electron chi connectivity index (χ2n) is 32.1. The van der Waals surface area contributed by atoms with Gasteiger partial charge in [-0.15, -0.1) is 0 Å². The quantitative estimate of drug-likeness (QED) is 0.0266. The Labute approximate surface area is 795 Å². The van der Waals surface area contributed by atoms with Crippen molar-refractivity contribution in [3.05, 3.63) is 427 Å². The fourth-order valence-corrected chi connectivity index (χ4v) is 14.8. The molecule has 0 radical (unpaired) electrons. The van der Waals surface area contributed by atoms with E-state index < -0.39 is 203 Å². The van der Waals surface area contributed by atoms with Gasteiger partial charge in [0.25, 0.3) is 0 Å². The van der Waals surface area contributed by atoms with Crippen molar-refractivity contribution in [1.82, 2.24) is 0 Å². The Morgan fingerprint density at radius 1 is 0.175 bits per heavy atom. The van der Waals surface area contributed by atoms with Crippen LogP contribution in [-0.2, 0) is 50.1 Å². The van der Waals surface area contributed by atoms with Gasteiger partial charge >= 0.3 is 24.4 Å². The molecule has 0 spiro atoms. The van der Waals surface area contributed by atoms with Crippen molar-refractivity contribution in [3.63, 3.8) is 0 Å². The van der Waals surface area contributed by atoms with Crippen LogP contribution in [-0.4, -0.2) is 0 Å². The molecule has 15 aromatic rings. The predicted octanol–water partition coefficient (Wildman–Crippen LogP) is 34.7. The standard InChI is InChI=1S/C30H22F8O.C29H20F8O.C28H18F8O.C21H13F7O/c1-2-3-4-5-17-6-8-18(9-7-17)19-10-11-22(23(31)12-19)20-13-24(32)28(25(33)14-20)30(37,38)39-21-15-26(34)29(36)27(35)16-21;1-2-3-4-16-5-7-17(8-6-16)18-9-10-21(22(30)11-18)19-12-23(31)27(24(32)13-19)29(36,37)38-20-14-25(33)28(35)26(34)15-20;1-2-3-15-4-6-16(7-5-15)17-8-9-20(21(29)10-17)18-11-22(30)26(23(31)12-18)28(35,36)37-19-13-24(32)27(34)25(33)14-19;1-2-11-3-5-12(6-4-11)13-7-15(22)19(16(23)8-13)21(27,28)29-14-9-17(24)20(26)18(25)10-14/h6-16H,2-5H2,1H3;5-15H,2-4H2,1H3;4-14H,2-3H2,1H3;3-10H,2H2,1H3. The lowest BCUT2D eigenvalue weighted by atomic mass is 9.97. The molecule has 0 fully saturated rings. The van der Waals surface area contributed by atoms with Crippen molar-refractivity contribution < 1.29 is 155 Å². The van der Waals surface area contributed by atoms with Gasteiger partial charge in [-0.3, -0.25) is 0 Å². The van der Waals surface area contributed by atoms with Crippen LogP contribution in [0.1, 0.15) is 111 Å². The van der Waals surface area contributed by atoms with Crippen LogP contribution in [0.5, 0.6) is 23.0 Å². The number of hydrogen-bond acceptors (Lipinski definition) is 4. The average Bonchev–Trinajstić information content (AvgIpc) is 0.785. The van der Waals surface area contributed by atoms with E-state index in [-0.39, 0.29) is 87.5 Å². The van der Waals surface area contributed by atoms with Crippen molar-refractivity contribution in [2.75, 3.05) is 0 Å². The molecule has 746 valence electrons. The summed E-state index contributed by atoms with van der Waals surface area (Å²) in [5.41, 5.74) is -0.728. The van der Waals surface area contributed by atoms with Crippen LogP contribution in [0.25, 0.3) is 77.9 Å². The first-order chi connectivity index (χ1) is 67.6. The van der Waals surface area contributed by atoms with Crippen molar-refractivity contribution in [3.8, 4) is 101 Å². The number of unbranched alkanes of at least 4 members (excludes halogenated alkanes) is 3. The normalized spacial score (nSPS) is 11.6. The molecule has 0 aromatic heterocycles. The highest BCUT2D eigenvalue weighted by Gasteiger charge is 2.46. The summed E-state index contributed by atoms with van der Waals surface area (Å²) in [5.74, 6) is -43.5. The second-order valence-corrected chi connectivity index (χ2v) is 32.1. The maximum Gasteiger partial charge on any atom is 0.432 e. The zero-order chi connectivity index (χ0) is 104. The van der Waals surface area contributed by atoms with Crippen molar-refractivity contribution >= 4 is 0 Å². The number of aryl methyl sites for hydroxylation is 4. The summed E-state index contributed by atoms with van der Waals surface area (Å²) in [5, 5.41) is 0. The topological polar surface area (TPSA) is 36.9 Å².